The minimum atomic E-state index is -0.551. The molecule has 39 heavy (non-hydrogen) atoms. The van der Waals surface area contributed by atoms with Crippen LogP contribution in [0.1, 0.15) is 68.6 Å². The summed E-state index contributed by atoms with van der Waals surface area (Å²) in [5.74, 6) is 0.909. The number of likely N-dealkylation sites (N-methyl/N-ethyl adjacent to an activating group) is 1. The molecule has 1 fully saturated rings. The maximum atomic E-state index is 12.6. The molecule has 3 aromatic rings. The lowest BCUT2D eigenvalue weighted by Gasteiger charge is -2.30. The number of rotatable bonds is 10. The van der Waals surface area contributed by atoms with Gasteiger partial charge in [-0.25, -0.2) is 9.78 Å². The van der Waals surface area contributed by atoms with Crippen LogP contribution in [0, 0.1) is 0 Å². The Morgan fingerprint density at radius 3 is 2.38 bits per heavy atom. The van der Waals surface area contributed by atoms with Gasteiger partial charge < -0.3 is 25.6 Å². The van der Waals surface area contributed by atoms with E-state index in [4.69, 9.17) is 9.72 Å². The van der Waals surface area contributed by atoms with Crippen molar-refractivity contribution in [3.05, 3.63) is 53.9 Å². The molecule has 10 heteroatoms. The lowest BCUT2D eigenvalue weighted by molar-refractivity contribution is -0.122. The number of anilines is 2. The summed E-state index contributed by atoms with van der Waals surface area (Å²) in [6.07, 6.45) is 4.77. The average Bonchev–Trinajstić information content (AvgIpc) is 2.89. The van der Waals surface area contributed by atoms with Crippen molar-refractivity contribution in [2.24, 2.45) is 0 Å². The van der Waals surface area contributed by atoms with Crippen molar-refractivity contribution in [2.45, 2.75) is 70.7 Å². The molecule has 1 amide bonds. The Balaban J connectivity index is 1.51. The zero-order valence-corrected chi connectivity index (χ0v) is 23.4. The minimum absolute atomic E-state index is 0.0599. The summed E-state index contributed by atoms with van der Waals surface area (Å²) < 4.78 is 5.69. The Bertz CT molecular complexity index is 1270. The second-order valence-electron chi connectivity index (χ2n) is 10.7. The maximum Gasteiger partial charge on any atom is 0.338 e. The van der Waals surface area contributed by atoms with Crippen LogP contribution in [0.3, 0.4) is 0 Å². The van der Waals surface area contributed by atoms with E-state index < -0.39 is 12.1 Å². The van der Waals surface area contributed by atoms with E-state index in [2.05, 4.69) is 25.9 Å². The minimum Gasteiger partial charge on any atom is -0.453 e. The van der Waals surface area contributed by atoms with Crippen LogP contribution >= 0.6 is 0 Å². The topological polar surface area (TPSA) is 121 Å². The number of benzene rings is 1. The van der Waals surface area contributed by atoms with Crippen molar-refractivity contribution in [1.29, 1.82) is 0 Å². The lowest BCUT2D eigenvalue weighted by atomic mass is 9.91. The van der Waals surface area contributed by atoms with Crippen LogP contribution in [0.15, 0.2) is 42.6 Å². The molecule has 1 aliphatic rings. The molecule has 1 aromatic carbocycles. The van der Waals surface area contributed by atoms with Gasteiger partial charge in [-0.05, 0) is 78.7 Å². The van der Waals surface area contributed by atoms with Crippen molar-refractivity contribution in [3.8, 4) is 0 Å². The Morgan fingerprint density at radius 2 is 1.72 bits per heavy atom. The van der Waals surface area contributed by atoms with Crippen LogP contribution in [0.2, 0.25) is 0 Å². The summed E-state index contributed by atoms with van der Waals surface area (Å²) in [6.45, 7) is 6.28. The third kappa shape index (κ3) is 7.86. The van der Waals surface area contributed by atoms with E-state index in [0.717, 1.165) is 31.1 Å². The van der Waals surface area contributed by atoms with Gasteiger partial charge in [-0.2, -0.15) is 4.98 Å². The van der Waals surface area contributed by atoms with Crippen LogP contribution in [0.5, 0.6) is 0 Å². The van der Waals surface area contributed by atoms with Gasteiger partial charge in [-0.3, -0.25) is 9.78 Å². The number of carbonyl (C=O) groups is 2. The fraction of sp³-hybridized carbons (Fsp3) is 0.483. The summed E-state index contributed by atoms with van der Waals surface area (Å²) in [6, 6.07) is 11.4. The molecule has 10 nitrogen and oxygen atoms in total. The SMILES string of the molecule is CC(C)Nc1nc(NC2CCC(NC(=O)CN(C)C)CC2)c2cc([C@@H](C)OC(=O)c3ccccc3)ncc2n1. The monoisotopic (exact) mass is 533 g/mol. The smallest absolute Gasteiger partial charge is 0.338 e. The Labute approximate surface area is 230 Å². The number of carbonyl (C=O) groups excluding carboxylic acids is 2. The highest BCUT2D eigenvalue weighted by molar-refractivity contribution is 5.91. The Morgan fingerprint density at radius 1 is 1.03 bits per heavy atom. The van der Waals surface area contributed by atoms with Crippen molar-refractivity contribution < 1.29 is 14.3 Å². The molecular weight excluding hydrogens is 494 g/mol. The highest BCUT2D eigenvalue weighted by atomic mass is 16.5. The predicted octanol–water partition coefficient (Wildman–Crippen LogP) is 4.16. The van der Waals surface area contributed by atoms with Gasteiger partial charge in [0.25, 0.3) is 0 Å². The highest BCUT2D eigenvalue weighted by Crippen LogP contribution is 2.29. The van der Waals surface area contributed by atoms with Gasteiger partial charge in [0.2, 0.25) is 11.9 Å². The molecule has 0 unspecified atom stereocenters. The number of hydrogen-bond donors (Lipinski definition) is 3. The van der Waals surface area contributed by atoms with E-state index >= 15 is 0 Å². The second kappa shape index (κ2) is 12.8. The average molecular weight is 534 g/mol. The molecule has 2 heterocycles. The van der Waals surface area contributed by atoms with Crippen LogP contribution in [-0.2, 0) is 9.53 Å². The molecular formula is C29H39N7O3. The zero-order valence-electron chi connectivity index (χ0n) is 23.4. The number of pyridine rings is 1. The van der Waals surface area contributed by atoms with Crippen molar-refractivity contribution in [2.75, 3.05) is 31.3 Å². The van der Waals surface area contributed by atoms with E-state index in [9.17, 15) is 9.59 Å². The quantitative estimate of drug-likeness (QED) is 0.330. The van der Waals surface area contributed by atoms with Crippen molar-refractivity contribution >= 4 is 34.5 Å². The van der Waals surface area contributed by atoms with Crippen molar-refractivity contribution in [1.82, 2.24) is 25.2 Å². The summed E-state index contributed by atoms with van der Waals surface area (Å²) in [5.41, 5.74) is 1.81. The highest BCUT2D eigenvalue weighted by Gasteiger charge is 2.24. The fourth-order valence-electron chi connectivity index (χ4n) is 4.70. The number of hydrogen-bond acceptors (Lipinski definition) is 9. The molecule has 1 atom stereocenters. The second-order valence-corrected chi connectivity index (χ2v) is 10.7. The number of nitrogens with one attached hydrogen (secondary N) is 3. The van der Waals surface area contributed by atoms with Crippen molar-refractivity contribution in [3.63, 3.8) is 0 Å². The number of fused-ring (bicyclic) bond motifs is 1. The standard InChI is InChI=1S/C29H39N7O3/c1-18(2)31-29-34-25-16-30-24(19(3)39-28(38)20-9-7-6-8-10-20)15-23(25)27(35-29)33-22-13-11-21(12-14-22)32-26(37)17-36(4)5/h6-10,15-16,18-19,21-22H,11-14,17H2,1-5H3,(H,32,37)(H2,31,33,34,35)/t19-,21?,22?/m1/s1. The van der Waals surface area contributed by atoms with Gasteiger partial charge in [-0.1, -0.05) is 18.2 Å². The van der Waals surface area contributed by atoms with Crippen LogP contribution < -0.4 is 16.0 Å². The first kappa shape index (κ1) is 28.2. The van der Waals surface area contributed by atoms with Gasteiger partial charge in [0, 0.05) is 23.5 Å². The zero-order chi connectivity index (χ0) is 27.9. The fourth-order valence-corrected chi connectivity index (χ4v) is 4.70. The number of ether oxygens (including phenoxy) is 1. The summed E-state index contributed by atoms with van der Waals surface area (Å²) >= 11 is 0. The predicted molar refractivity (Wildman–Crippen MR) is 153 cm³/mol. The first-order valence-corrected chi connectivity index (χ1v) is 13.6. The first-order chi connectivity index (χ1) is 18.7. The van der Waals surface area contributed by atoms with Gasteiger partial charge >= 0.3 is 5.97 Å². The third-order valence-corrected chi connectivity index (χ3v) is 6.62. The Kier molecular flexibility index (Phi) is 9.29. The van der Waals surface area contributed by atoms with Gasteiger partial charge in [0.1, 0.15) is 11.9 Å². The van der Waals surface area contributed by atoms with Crippen LogP contribution in [0.4, 0.5) is 11.8 Å². The molecule has 0 radical (unpaired) electrons. The van der Waals surface area contributed by atoms with E-state index in [1.807, 2.05) is 51.9 Å². The summed E-state index contributed by atoms with van der Waals surface area (Å²) in [4.78, 5) is 40.7. The van der Waals surface area contributed by atoms with E-state index in [0.29, 0.717) is 35.1 Å². The maximum absolute atomic E-state index is 12.6. The molecule has 0 spiro atoms. The van der Waals surface area contributed by atoms with Crippen LogP contribution in [0.25, 0.3) is 10.9 Å². The molecule has 0 aliphatic heterocycles. The number of amides is 1. The van der Waals surface area contributed by atoms with Gasteiger partial charge in [0.05, 0.1) is 29.5 Å². The molecule has 3 N–H and O–H groups in total. The molecule has 1 aliphatic carbocycles. The van der Waals surface area contributed by atoms with E-state index in [1.54, 1.807) is 30.5 Å². The largest absolute Gasteiger partial charge is 0.453 e. The molecule has 1 saturated carbocycles. The molecule has 0 saturated heterocycles. The molecule has 0 bridgehead atoms. The van der Waals surface area contributed by atoms with E-state index in [-0.39, 0.29) is 24.0 Å². The summed E-state index contributed by atoms with van der Waals surface area (Å²) in [5, 5.41) is 10.9. The third-order valence-electron chi connectivity index (χ3n) is 6.62. The Hall–Kier alpha value is -3.79. The number of aromatic nitrogens is 3. The summed E-state index contributed by atoms with van der Waals surface area (Å²) in [7, 11) is 3.79. The normalized spacial score (nSPS) is 18.1. The van der Waals surface area contributed by atoms with Gasteiger partial charge in [0.15, 0.2) is 0 Å². The van der Waals surface area contributed by atoms with Crippen LogP contribution in [-0.4, -0.2) is 70.5 Å². The molecule has 4 rings (SSSR count). The number of esters is 1. The lowest BCUT2D eigenvalue weighted by Crippen LogP contribution is -2.43. The van der Waals surface area contributed by atoms with E-state index in [1.165, 1.54) is 0 Å². The number of nitrogens with zero attached hydrogens (tertiary/aromatic N) is 4. The molecule has 208 valence electrons. The first-order valence-electron chi connectivity index (χ1n) is 13.6. The van der Waals surface area contributed by atoms with Gasteiger partial charge in [-0.15, -0.1) is 0 Å². The molecule has 2 aromatic heterocycles.